The van der Waals surface area contributed by atoms with Gasteiger partial charge in [-0.2, -0.15) is 0 Å². The average molecular weight is 290 g/mol. The van der Waals surface area contributed by atoms with E-state index in [2.05, 4.69) is 61.3 Å². The van der Waals surface area contributed by atoms with Gasteiger partial charge >= 0.3 is 0 Å². The maximum Gasteiger partial charge on any atom is 0.0320 e. The first-order chi connectivity index (χ1) is 10.3. The molecule has 0 heterocycles. The number of nitrogens with zero attached hydrogens (tertiary/aromatic N) is 1. The van der Waals surface area contributed by atoms with Crippen LogP contribution in [0.3, 0.4) is 0 Å². The minimum atomic E-state index is 0.523. The summed E-state index contributed by atoms with van der Waals surface area (Å²) < 4.78 is 0. The number of benzene rings is 1. The predicted molar refractivity (Wildman–Crippen MR) is 93.7 cm³/mol. The van der Waals surface area contributed by atoms with Gasteiger partial charge in [0.1, 0.15) is 0 Å². The fourth-order valence-corrected chi connectivity index (χ4v) is 2.79. The Balaban J connectivity index is 2.38. The lowest BCUT2D eigenvalue weighted by atomic mass is 10.0. The number of nitrogens with one attached hydrogen (secondary N) is 1. The standard InChI is InChI=1S/C19H34N2/c1-4-7-9-15-19(18-13-10-8-11-14-18)20-16-12-17-21(5-2)6-3/h8,10-11,13-14,19-20H,4-7,9,12,15-17H2,1-3H3. The molecule has 0 aromatic heterocycles. The third-order valence-electron chi connectivity index (χ3n) is 4.23. The van der Waals surface area contributed by atoms with Crippen molar-refractivity contribution in [3.05, 3.63) is 35.9 Å². The summed E-state index contributed by atoms with van der Waals surface area (Å²) >= 11 is 0. The first-order valence-corrected chi connectivity index (χ1v) is 8.82. The van der Waals surface area contributed by atoms with E-state index in [0.717, 1.165) is 19.6 Å². The highest BCUT2D eigenvalue weighted by Gasteiger charge is 2.10. The van der Waals surface area contributed by atoms with Gasteiger partial charge in [0.25, 0.3) is 0 Å². The molecule has 0 saturated carbocycles. The minimum Gasteiger partial charge on any atom is -0.310 e. The molecule has 2 nitrogen and oxygen atoms in total. The molecule has 1 rings (SSSR count). The molecule has 0 saturated heterocycles. The summed E-state index contributed by atoms with van der Waals surface area (Å²) in [6, 6.07) is 11.4. The van der Waals surface area contributed by atoms with E-state index in [1.807, 2.05) is 0 Å². The summed E-state index contributed by atoms with van der Waals surface area (Å²) in [6.45, 7) is 11.4. The van der Waals surface area contributed by atoms with Gasteiger partial charge in [-0.05, 0) is 44.6 Å². The predicted octanol–water partition coefficient (Wildman–Crippen LogP) is 4.63. The van der Waals surface area contributed by atoms with E-state index in [0.29, 0.717) is 6.04 Å². The fourth-order valence-electron chi connectivity index (χ4n) is 2.79. The fraction of sp³-hybridized carbons (Fsp3) is 0.684. The van der Waals surface area contributed by atoms with Crippen LogP contribution in [0.1, 0.15) is 64.5 Å². The lowest BCUT2D eigenvalue weighted by Crippen LogP contribution is -2.29. The third-order valence-corrected chi connectivity index (χ3v) is 4.23. The molecule has 0 radical (unpaired) electrons. The zero-order valence-corrected chi connectivity index (χ0v) is 14.3. The minimum absolute atomic E-state index is 0.523. The average Bonchev–Trinajstić information content (AvgIpc) is 2.54. The molecule has 2 heteroatoms. The van der Waals surface area contributed by atoms with Gasteiger partial charge in [0.05, 0.1) is 0 Å². The summed E-state index contributed by atoms with van der Waals surface area (Å²) in [6.07, 6.45) is 6.44. The highest BCUT2D eigenvalue weighted by molar-refractivity contribution is 5.18. The normalized spacial score (nSPS) is 12.8. The van der Waals surface area contributed by atoms with E-state index in [1.54, 1.807) is 0 Å². The first-order valence-electron chi connectivity index (χ1n) is 8.82. The van der Waals surface area contributed by atoms with Crippen LogP contribution in [-0.4, -0.2) is 31.1 Å². The highest BCUT2D eigenvalue weighted by atomic mass is 15.1. The summed E-state index contributed by atoms with van der Waals surface area (Å²) in [7, 11) is 0. The maximum absolute atomic E-state index is 3.77. The quantitative estimate of drug-likeness (QED) is 0.565. The molecule has 0 fully saturated rings. The molecule has 0 amide bonds. The molecule has 0 aliphatic rings. The molecule has 1 atom stereocenters. The first kappa shape index (κ1) is 18.2. The number of hydrogen-bond acceptors (Lipinski definition) is 2. The molecule has 0 bridgehead atoms. The molecule has 1 aromatic rings. The SMILES string of the molecule is CCCCCC(NCCCN(CC)CC)c1ccccc1. The Morgan fingerprint density at radius 2 is 1.67 bits per heavy atom. The van der Waals surface area contributed by atoms with Crippen molar-refractivity contribution < 1.29 is 0 Å². The molecule has 1 unspecified atom stereocenters. The van der Waals surface area contributed by atoms with Crippen molar-refractivity contribution in [2.45, 2.75) is 58.9 Å². The molecular formula is C19H34N2. The second kappa shape index (κ2) is 11.8. The molecule has 120 valence electrons. The second-order valence-electron chi connectivity index (χ2n) is 5.79. The summed E-state index contributed by atoms with van der Waals surface area (Å²) in [5.74, 6) is 0. The van der Waals surface area contributed by atoms with Gasteiger partial charge < -0.3 is 10.2 Å². The van der Waals surface area contributed by atoms with Crippen molar-refractivity contribution in [2.75, 3.05) is 26.2 Å². The van der Waals surface area contributed by atoms with Crippen molar-refractivity contribution in [3.63, 3.8) is 0 Å². The molecule has 1 N–H and O–H groups in total. The smallest absolute Gasteiger partial charge is 0.0320 e. The van der Waals surface area contributed by atoms with Crippen LogP contribution in [0.15, 0.2) is 30.3 Å². The van der Waals surface area contributed by atoms with Gasteiger partial charge in [0.2, 0.25) is 0 Å². The Morgan fingerprint density at radius 1 is 0.952 bits per heavy atom. The summed E-state index contributed by atoms with van der Waals surface area (Å²) in [5, 5.41) is 3.77. The monoisotopic (exact) mass is 290 g/mol. The number of unbranched alkanes of at least 4 members (excludes halogenated alkanes) is 2. The van der Waals surface area contributed by atoms with Crippen molar-refractivity contribution >= 4 is 0 Å². The largest absolute Gasteiger partial charge is 0.310 e. The maximum atomic E-state index is 3.77. The Hall–Kier alpha value is -0.860. The topological polar surface area (TPSA) is 15.3 Å². The molecule has 0 aliphatic heterocycles. The van der Waals surface area contributed by atoms with E-state index >= 15 is 0 Å². The number of hydrogen-bond donors (Lipinski definition) is 1. The number of rotatable bonds is 12. The third kappa shape index (κ3) is 7.63. The van der Waals surface area contributed by atoms with Gasteiger partial charge in [-0.3, -0.25) is 0 Å². The van der Waals surface area contributed by atoms with Crippen LogP contribution in [0.4, 0.5) is 0 Å². The van der Waals surface area contributed by atoms with E-state index in [9.17, 15) is 0 Å². The Kier molecular flexibility index (Phi) is 10.2. The Labute approximate surface area is 131 Å². The lowest BCUT2D eigenvalue weighted by molar-refractivity contribution is 0.294. The van der Waals surface area contributed by atoms with Gasteiger partial charge in [-0.25, -0.2) is 0 Å². The molecular weight excluding hydrogens is 256 g/mol. The van der Waals surface area contributed by atoms with Gasteiger partial charge in [-0.1, -0.05) is 70.4 Å². The summed E-state index contributed by atoms with van der Waals surface area (Å²) in [5.41, 5.74) is 1.44. The van der Waals surface area contributed by atoms with Crippen molar-refractivity contribution in [2.24, 2.45) is 0 Å². The van der Waals surface area contributed by atoms with E-state index in [1.165, 1.54) is 44.2 Å². The Morgan fingerprint density at radius 3 is 2.29 bits per heavy atom. The second-order valence-corrected chi connectivity index (χ2v) is 5.79. The molecule has 1 aromatic carbocycles. The molecule has 21 heavy (non-hydrogen) atoms. The van der Waals surface area contributed by atoms with Crippen LogP contribution in [0, 0.1) is 0 Å². The van der Waals surface area contributed by atoms with Gasteiger partial charge in [-0.15, -0.1) is 0 Å². The van der Waals surface area contributed by atoms with Crippen LogP contribution in [0.25, 0.3) is 0 Å². The van der Waals surface area contributed by atoms with Gasteiger partial charge in [0, 0.05) is 6.04 Å². The molecule has 0 spiro atoms. The van der Waals surface area contributed by atoms with E-state index < -0.39 is 0 Å². The zero-order valence-electron chi connectivity index (χ0n) is 14.3. The highest BCUT2D eigenvalue weighted by Crippen LogP contribution is 2.19. The lowest BCUT2D eigenvalue weighted by Gasteiger charge is -2.21. The Bertz CT molecular complexity index is 333. The zero-order chi connectivity index (χ0) is 15.3. The summed E-state index contributed by atoms with van der Waals surface area (Å²) in [4.78, 5) is 2.50. The van der Waals surface area contributed by atoms with Crippen LogP contribution in [0.2, 0.25) is 0 Å². The van der Waals surface area contributed by atoms with Gasteiger partial charge in [0.15, 0.2) is 0 Å². The van der Waals surface area contributed by atoms with Crippen molar-refractivity contribution in [1.29, 1.82) is 0 Å². The van der Waals surface area contributed by atoms with Crippen LogP contribution in [0.5, 0.6) is 0 Å². The van der Waals surface area contributed by atoms with E-state index in [-0.39, 0.29) is 0 Å². The van der Waals surface area contributed by atoms with Crippen molar-refractivity contribution in [3.8, 4) is 0 Å². The van der Waals surface area contributed by atoms with Crippen molar-refractivity contribution in [1.82, 2.24) is 10.2 Å². The van der Waals surface area contributed by atoms with Crippen LogP contribution >= 0.6 is 0 Å². The molecule has 0 aliphatic carbocycles. The van der Waals surface area contributed by atoms with E-state index in [4.69, 9.17) is 0 Å². The van der Waals surface area contributed by atoms with Crippen LogP contribution in [-0.2, 0) is 0 Å². The van der Waals surface area contributed by atoms with Crippen LogP contribution < -0.4 is 5.32 Å².